The third-order valence-corrected chi connectivity index (χ3v) is 4.67. The Morgan fingerprint density at radius 1 is 0.967 bits per heavy atom. The van der Waals surface area contributed by atoms with Crippen molar-refractivity contribution in [3.05, 3.63) is 90.3 Å². The molecule has 0 aliphatic rings. The molecule has 1 N–H and O–H groups in total. The number of oxime groups is 1. The Morgan fingerprint density at radius 3 is 2.60 bits per heavy atom. The van der Waals surface area contributed by atoms with E-state index in [0.717, 1.165) is 45.0 Å². The number of nitrogens with zero attached hydrogens (tertiary/aromatic N) is 3. The molecule has 0 fully saturated rings. The maximum absolute atomic E-state index is 5.54. The van der Waals surface area contributed by atoms with Gasteiger partial charge in [0.05, 0.1) is 18.3 Å². The molecule has 0 atom stereocenters. The first-order valence-corrected chi connectivity index (χ1v) is 9.60. The smallest absolute Gasteiger partial charge is 0.142 e. The summed E-state index contributed by atoms with van der Waals surface area (Å²) in [5, 5.41) is 8.61. The molecule has 0 aliphatic carbocycles. The van der Waals surface area contributed by atoms with Crippen LogP contribution in [0.15, 0.2) is 84.3 Å². The van der Waals surface area contributed by atoms with Gasteiger partial charge in [-0.2, -0.15) is 0 Å². The number of para-hydroxylation sites is 1. The number of anilines is 2. The van der Waals surface area contributed by atoms with Crippen LogP contribution in [0.25, 0.3) is 10.9 Å². The molecule has 6 nitrogen and oxygen atoms in total. The summed E-state index contributed by atoms with van der Waals surface area (Å²) in [6, 6.07) is 23.6. The van der Waals surface area contributed by atoms with Gasteiger partial charge in [0.25, 0.3) is 0 Å². The average molecular weight is 398 g/mol. The van der Waals surface area contributed by atoms with Crippen LogP contribution in [0.2, 0.25) is 0 Å². The van der Waals surface area contributed by atoms with E-state index in [1.807, 2.05) is 79.7 Å². The third kappa shape index (κ3) is 4.38. The first-order valence-electron chi connectivity index (χ1n) is 9.60. The molecule has 0 spiro atoms. The van der Waals surface area contributed by atoms with E-state index in [-0.39, 0.29) is 0 Å². The molecule has 4 aromatic rings. The highest BCUT2D eigenvalue weighted by molar-refractivity contribution is 6.02. The van der Waals surface area contributed by atoms with E-state index >= 15 is 0 Å². The van der Waals surface area contributed by atoms with E-state index in [1.165, 1.54) is 0 Å². The van der Waals surface area contributed by atoms with Gasteiger partial charge in [-0.05, 0) is 42.8 Å². The van der Waals surface area contributed by atoms with Crippen LogP contribution in [-0.2, 0) is 11.4 Å². The number of nitrogens with one attached hydrogen (secondary N) is 1. The molecule has 30 heavy (non-hydrogen) atoms. The van der Waals surface area contributed by atoms with E-state index in [4.69, 9.17) is 9.57 Å². The summed E-state index contributed by atoms with van der Waals surface area (Å²) in [7, 11) is 1.64. The molecule has 0 bridgehead atoms. The van der Waals surface area contributed by atoms with Gasteiger partial charge in [0.2, 0.25) is 0 Å². The number of ether oxygens (including phenoxy) is 1. The molecule has 0 unspecified atom stereocenters. The van der Waals surface area contributed by atoms with Crippen LogP contribution < -0.4 is 10.1 Å². The normalized spacial score (nSPS) is 11.3. The van der Waals surface area contributed by atoms with Crippen molar-refractivity contribution in [3.8, 4) is 5.75 Å². The fourth-order valence-electron chi connectivity index (χ4n) is 3.14. The zero-order valence-electron chi connectivity index (χ0n) is 16.9. The fraction of sp³-hybridized carbons (Fsp3) is 0.125. The molecule has 0 saturated carbocycles. The Kier molecular flexibility index (Phi) is 5.85. The topological polar surface area (TPSA) is 68.6 Å². The summed E-state index contributed by atoms with van der Waals surface area (Å²) in [4.78, 5) is 14.2. The molecule has 0 radical (unpaired) electrons. The van der Waals surface area contributed by atoms with Crippen LogP contribution in [0.1, 0.15) is 18.1 Å². The molecular weight excluding hydrogens is 376 g/mol. The highest BCUT2D eigenvalue weighted by atomic mass is 16.6. The Labute approximate surface area is 175 Å². The van der Waals surface area contributed by atoms with Crippen LogP contribution in [0.4, 0.5) is 11.5 Å². The molecule has 0 amide bonds. The second-order valence-corrected chi connectivity index (χ2v) is 6.72. The highest BCUT2D eigenvalue weighted by Crippen LogP contribution is 2.27. The van der Waals surface area contributed by atoms with Crippen molar-refractivity contribution in [2.75, 3.05) is 12.4 Å². The number of fused-ring (bicyclic) bond motifs is 1. The van der Waals surface area contributed by atoms with Crippen molar-refractivity contribution in [2.45, 2.75) is 13.5 Å². The first kappa shape index (κ1) is 19.4. The molecule has 3 aromatic carbocycles. The SMILES string of the molecule is COc1ccc(Nc2ncnc3ccccc23)cc1C(C)=NOCc1ccccc1. The zero-order chi connectivity index (χ0) is 20.8. The van der Waals surface area contributed by atoms with Crippen LogP contribution in [0, 0.1) is 0 Å². The minimum Gasteiger partial charge on any atom is -0.496 e. The van der Waals surface area contributed by atoms with E-state index in [2.05, 4.69) is 20.4 Å². The number of rotatable bonds is 7. The van der Waals surface area contributed by atoms with Crippen molar-refractivity contribution in [2.24, 2.45) is 5.16 Å². The van der Waals surface area contributed by atoms with Crippen molar-refractivity contribution in [1.29, 1.82) is 0 Å². The van der Waals surface area contributed by atoms with Gasteiger partial charge in [-0.1, -0.05) is 47.6 Å². The highest BCUT2D eigenvalue weighted by Gasteiger charge is 2.10. The van der Waals surface area contributed by atoms with Crippen molar-refractivity contribution in [1.82, 2.24) is 9.97 Å². The predicted octanol–water partition coefficient (Wildman–Crippen LogP) is 5.32. The Balaban J connectivity index is 1.57. The fourth-order valence-corrected chi connectivity index (χ4v) is 3.14. The molecule has 150 valence electrons. The predicted molar refractivity (Wildman–Crippen MR) is 119 cm³/mol. The quantitative estimate of drug-likeness (QED) is 0.337. The summed E-state index contributed by atoms with van der Waals surface area (Å²) in [5.74, 6) is 1.46. The summed E-state index contributed by atoms with van der Waals surface area (Å²) in [5.41, 5.74) is 4.38. The summed E-state index contributed by atoms with van der Waals surface area (Å²) < 4.78 is 5.52. The minimum absolute atomic E-state index is 0.408. The Morgan fingerprint density at radius 2 is 1.77 bits per heavy atom. The number of hydrogen-bond donors (Lipinski definition) is 1. The summed E-state index contributed by atoms with van der Waals surface area (Å²) >= 11 is 0. The number of benzene rings is 3. The molecule has 4 rings (SSSR count). The van der Waals surface area contributed by atoms with Gasteiger partial charge < -0.3 is 14.9 Å². The van der Waals surface area contributed by atoms with Crippen LogP contribution in [0.5, 0.6) is 5.75 Å². The number of methoxy groups -OCH3 is 1. The molecule has 6 heteroatoms. The van der Waals surface area contributed by atoms with Crippen molar-refractivity contribution < 1.29 is 9.57 Å². The summed E-state index contributed by atoms with van der Waals surface area (Å²) in [6.45, 7) is 2.30. The van der Waals surface area contributed by atoms with Crippen molar-refractivity contribution >= 4 is 28.1 Å². The lowest BCUT2D eigenvalue weighted by Crippen LogP contribution is -2.03. The zero-order valence-corrected chi connectivity index (χ0v) is 16.9. The molecule has 0 saturated heterocycles. The van der Waals surface area contributed by atoms with E-state index in [9.17, 15) is 0 Å². The van der Waals surface area contributed by atoms with E-state index in [1.54, 1.807) is 13.4 Å². The van der Waals surface area contributed by atoms with Gasteiger partial charge >= 0.3 is 0 Å². The maximum Gasteiger partial charge on any atom is 0.142 e. The molecule has 0 aliphatic heterocycles. The molecular formula is C24H22N4O2. The Hall–Kier alpha value is -3.93. The number of aromatic nitrogens is 2. The van der Waals surface area contributed by atoms with Crippen LogP contribution in [-0.4, -0.2) is 22.8 Å². The molecule has 1 aromatic heterocycles. The first-order chi connectivity index (χ1) is 14.7. The van der Waals surface area contributed by atoms with Gasteiger partial charge in [-0.15, -0.1) is 0 Å². The van der Waals surface area contributed by atoms with E-state index in [0.29, 0.717) is 6.61 Å². The monoisotopic (exact) mass is 398 g/mol. The van der Waals surface area contributed by atoms with Crippen LogP contribution in [0.3, 0.4) is 0 Å². The lowest BCUT2D eigenvalue weighted by atomic mass is 10.1. The third-order valence-electron chi connectivity index (χ3n) is 4.67. The Bertz CT molecular complexity index is 1170. The number of hydrogen-bond acceptors (Lipinski definition) is 6. The molecule has 1 heterocycles. The standard InChI is InChI=1S/C24H22N4O2/c1-17(28-30-15-18-8-4-3-5-9-18)21-14-19(12-13-23(21)29-2)27-24-20-10-6-7-11-22(20)25-16-26-24/h3-14,16H,15H2,1-2H3,(H,25,26,27). The van der Waals surface area contributed by atoms with E-state index < -0.39 is 0 Å². The van der Waals surface area contributed by atoms with Crippen molar-refractivity contribution in [3.63, 3.8) is 0 Å². The van der Waals surface area contributed by atoms with Gasteiger partial charge in [-0.3, -0.25) is 0 Å². The van der Waals surface area contributed by atoms with Gasteiger partial charge in [0.15, 0.2) is 0 Å². The summed E-state index contributed by atoms with van der Waals surface area (Å²) in [6.07, 6.45) is 1.55. The van der Waals surface area contributed by atoms with Gasteiger partial charge in [0, 0.05) is 16.6 Å². The van der Waals surface area contributed by atoms with Gasteiger partial charge in [-0.25, -0.2) is 9.97 Å². The largest absolute Gasteiger partial charge is 0.496 e. The lowest BCUT2D eigenvalue weighted by molar-refractivity contribution is 0.130. The minimum atomic E-state index is 0.408. The lowest BCUT2D eigenvalue weighted by Gasteiger charge is -2.13. The average Bonchev–Trinajstić information content (AvgIpc) is 2.80. The van der Waals surface area contributed by atoms with Gasteiger partial charge in [0.1, 0.15) is 24.5 Å². The van der Waals surface area contributed by atoms with Crippen LogP contribution >= 0.6 is 0 Å². The second-order valence-electron chi connectivity index (χ2n) is 6.72. The second kappa shape index (κ2) is 9.05. The maximum atomic E-state index is 5.54.